The lowest BCUT2D eigenvalue weighted by molar-refractivity contribution is -0.137. The summed E-state index contributed by atoms with van der Waals surface area (Å²) in [4.78, 5) is 0. The second-order valence-electron chi connectivity index (χ2n) is 4.90. The van der Waals surface area contributed by atoms with Crippen LogP contribution in [0, 0.1) is 20.8 Å². The van der Waals surface area contributed by atoms with E-state index in [1.54, 1.807) is 13.0 Å². The molecule has 0 spiro atoms. The van der Waals surface area contributed by atoms with Crippen LogP contribution in [0.4, 0.5) is 13.2 Å². The number of aryl methyl sites for hydroxylation is 3. The van der Waals surface area contributed by atoms with Crippen molar-refractivity contribution in [2.45, 2.75) is 26.9 Å². The maximum absolute atomic E-state index is 12.8. The van der Waals surface area contributed by atoms with Crippen LogP contribution < -0.4 is 0 Å². The van der Waals surface area contributed by atoms with Crippen LogP contribution in [-0.2, 0) is 6.18 Å². The number of benzene rings is 2. The topological polar surface area (TPSA) is 0 Å². The van der Waals surface area contributed by atoms with E-state index < -0.39 is 11.7 Å². The lowest BCUT2D eigenvalue weighted by Crippen LogP contribution is -2.05. The van der Waals surface area contributed by atoms with E-state index in [0.717, 1.165) is 16.7 Å². The summed E-state index contributed by atoms with van der Waals surface area (Å²) in [5, 5.41) is 0. The van der Waals surface area contributed by atoms with Gasteiger partial charge in [0.25, 0.3) is 0 Å². The van der Waals surface area contributed by atoms with Gasteiger partial charge in [-0.2, -0.15) is 13.2 Å². The van der Waals surface area contributed by atoms with E-state index in [4.69, 9.17) is 0 Å². The van der Waals surface area contributed by atoms with Gasteiger partial charge in [0, 0.05) is 0 Å². The average molecular weight is 264 g/mol. The zero-order valence-electron chi connectivity index (χ0n) is 11.1. The summed E-state index contributed by atoms with van der Waals surface area (Å²) in [5.41, 5.74) is 3.51. The molecule has 0 amide bonds. The molecule has 0 aromatic heterocycles. The molecule has 0 atom stereocenters. The summed E-state index contributed by atoms with van der Waals surface area (Å²) in [7, 11) is 0. The van der Waals surface area contributed by atoms with Crippen LogP contribution in [0.1, 0.15) is 22.3 Å². The number of halogens is 3. The van der Waals surface area contributed by atoms with E-state index in [-0.39, 0.29) is 0 Å². The van der Waals surface area contributed by atoms with Crippen LogP contribution in [0.5, 0.6) is 0 Å². The van der Waals surface area contributed by atoms with E-state index in [0.29, 0.717) is 11.1 Å². The van der Waals surface area contributed by atoms with Crippen molar-refractivity contribution >= 4 is 0 Å². The van der Waals surface area contributed by atoms with E-state index >= 15 is 0 Å². The zero-order chi connectivity index (χ0) is 14.2. The zero-order valence-corrected chi connectivity index (χ0v) is 11.1. The Kier molecular flexibility index (Phi) is 3.40. The van der Waals surface area contributed by atoms with Gasteiger partial charge in [0.2, 0.25) is 0 Å². The SMILES string of the molecule is Cc1cc(-c2cc(C)ccc2C)cc(C(F)(F)F)c1. The van der Waals surface area contributed by atoms with Crippen LogP contribution >= 0.6 is 0 Å². The minimum Gasteiger partial charge on any atom is -0.166 e. The molecule has 0 fully saturated rings. The third-order valence-corrected chi connectivity index (χ3v) is 3.11. The van der Waals surface area contributed by atoms with E-state index in [1.807, 2.05) is 32.0 Å². The largest absolute Gasteiger partial charge is 0.416 e. The third kappa shape index (κ3) is 2.98. The number of hydrogen-bond donors (Lipinski definition) is 0. The highest BCUT2D eigenvalue weighted by Gasteiger charge is 2.31. The van der Waals surface area contributed by atoms with Crippen molar-refractivity contribution < 1.29 is 13.2 Å². The van der Waals surface area contributed by atoms with E-state index in [2.05, 4.69) is 0 Å². The minimum absolute atomic E-state index is 0.594. The summed E-state index contributed by atoms with van der Waals surface area (Å²) in [6.45, 7) is 5.53. The Morgan fingerprint density at radius 3 is 2.11 bits per heavy atom. The van der Waals surface area contributed by atoms with Gasteiger partial charge in [-0.3, -0.25) is 0 Å². The Morgan fingerprint density at radius 1 is 0.789 bits per heavy atom. The standard InChI is InChI=1S/C16H15F3/c1-10-4-5-12(3)15(8-10)13-6-11(2)7-14(9-13)16(17,18)19/h4-9H,1-3H3. The van der Waals surface area contributed by atoms with Gasteiger partial charge in [0.05, 0.1) is 5.56 Å². The van der Waals surface area contributed by atoms with E-state index in [9.17, 15) is 13.2 Å². The van der Waals surface area contributed by atoms with Gasteiger partial charge >= 0.3 is 6.18 Å². The molecule has 0 heterocycles. The molecule has 0 aliphatic rings. The fourth-order valence-electron chi connectivity index (χ4n) is 2.15. The van der Waals surface area contributed by atoms with Crippen molar-refractivity contribution in [2.24, 2.45) is 0 Å². The lowest BCUT2D eigenvalue weighted by Gasteiger charge is -2.13. The normalized spacial score (nSPS) is 11.7. The molecule has 0 aliphatic heterocycles. The molecule has 0 saturated carbocycles. The van der Waals surface area contributed by atoms with Gasteiger partial charge in [-0.25, -0.2) is 0 Å². The van der Waals surface area contributed by atoms with E-state index in [1.165, 1.54) is 12.1 Å². The molecule has 0 unspecified atom stereocenters. The minimum atomic E-state index is -4.31. The van der Waals surface area contributed by atoms with Crippen molar-refractivity contribution in [1.29, 1.82) is 0 Å². The molecule has 19 heavy (non-hydrogen) atoms. The first-order valence-corrected chi connectivity index (χ1v) is 6.04. The van der Waals surface area contributed by atoms with Crippen LogP contribution in [0.2, 0.25) is 0 Å². The molecule has 0 N–H and O–H groups in total. The fourth-order valence-corrected chi connectivity index (χ4v) is 2.15. The van der Waals surface area contributed by atoms with Crippen LogP contribution in [0.25, 0.3) is 11.1 Å². The molecule has 0 nitrogen and oxygen atoms in total. The third-order valence-electron chi connectivity index (χ3n) is 3.11. The average Bonchev–Trinajstić information content (AvgIpc) is 2.30. The maximum atomic E-state index is 12.8. The first-order chi connectivity index (χ1) is 8.77. The molecule has 3 heteroatoms. The smallest absolute Gasteiger partial charge is 0.166 e. The molecular weight excluding hydrogens is 249 g/mol. The van der Waals surface area contributed by atoms with Crippen LogP contribution in [-0.4, -0.2) is 0 Å². The fraction of sp³-hybridized carbons (Fsp3) is 0.250. The molecule has 2 aromatic carbocycles. The Labute approximate surface area is 110 Å². The first-order valence-electron chi connectivity index (χ1n) is 6.04. The Morgan fingerprint density at radius 2 is 1.47 bits per heavy atom. The van der Waals surface area contributed by atoms with Gasteiger partial charge in [0.1, 0.15) is 0 Å². The maximum Gasteiger partial charge on any atom is 0.416 e. The number of alkyl halides is 3. The van der Waals surface area contributed by atoms with Crippen molar-refractivity contribution in [3.63, 3.8) is 0 Å². The Balaban J connectivity index is 2.63. The van der Waals surface area contributed by atoms with Gasteiger partial charge in [-0.05, 0) is 55.2 Å². The highest BCUT2D eigenvalue weighted by Crippen LogP contribution is 2.34. The second-order valence-corrected chi connectivity index (χ2v) is 4.90. The highest BCUT2D eigenvalue weighted by molar-refractivity contribution is 5.69. The quantitative estimate of drug-likeness (QED) is 0.655. The monoisotopic (exact) mass is 264 g/mol. The van der Waals surface area contributed by atoms with Gasteiger partial charge in [-0.15, -0.1) is 0 Å². The first kappa shape index (κ1) is 13.7. The van der Waals surface area contributed by atoms with Crippen molar-refractivity contribution in [3.8, 4) is 11.1 Å². The molecule has 100 valence electrons. The summed E-state index contributed by atoms with van der Waals surface area (Å²) in [6, 6.07) is 9.99. The number of hydrogen-bond acceptors (Lipinski definition) is 0. The molecular formula is C16H15F3. The van der Waals surface area contributed by atoms with Crippen LogP contribution in [0.15, 0.2) is 36.4 Å². The van der Waals surface area contributed by atoms with Crippen molar-refractivity contribution in [3.05, 3.63) is 58.7 Å². The molecule has 2 rings (SSSR count). The molecule has 0 bridgehead atoms. The predicted molar refractivity (Wildman–Crippen MR) is 71.1 cm³/mol. The molecule has 0 saturated heterocycles. The highest BCUT2D eigenvalue weighted by atomic mass is 19.4. The molecule has 0 radical (unpaired) electrons. The Bertz CT molecular complexity index is 610. The number of rotatable bonds is 1. The van der Waals surface area contributed by atoms with Crippen LogP contribution in [0.3, 0.4) is 0 Å². The van der Waals surface area contributed by atoms with Crippen molar-refractivity contribution in [2.75, 3.05) is 0 Å². The summed E-state index contributed by atoms with van der Waals surface area (Å²) in [5.74, 6) is 0. The van der Waals surface area contributed by atoms with Gasteiger partial charge < -0.3 is 0 Å². The Hall–Kier alpha value is -1.77. The van der Waals surface area contributed by atoms with Crippen molar-refractivity contribution in [1.82, 2.24) is 0 Å². The summed E-state index contributed by atoms with van der Waals surface area (Å²) >= 11 is 0. The predicted octanol–water partition coefficient (Wildman–Crippen LogP) is 5.30. The molecule has 2 aromatic rings. The lowest BCUT2D eigenvalue weighted by atomic mass is 9.95. The molecule has 0 aliphatic carbocycles. The van der Waals surface area contributed by atoms with Gasteiger partial charge in [-0.1, -0.05) is 29.8 Å². The van der Waals surface area contributed by atoms with Gasteiger partial charge in [0.15, 0.2) is 0 Å². The summed E-state index contributed by atoms with van der Waals surface area (Å²) in [6.07, 6.45) is -4.31. The summed E-state index contributed by atoms with van der Waals surface area (Å²) < 4.78 is 38.5. The second kappa shape index (κ2) is 4.72.